The lowest BCUT2D eigenvalue weighted by Gasteiger charge is -1.95. The van der Waals surface area contributed by atoms with E-state index in [-0.39, 0.29) is 0 Å². The van der Waals surface area contributed by atoms with Gasteiger partial charge in [0.05, 0.1) is 11.7 Å². The van der Waals surface area contributed by atoms with Gasteiger partial charge in [0.15, 0.2) is 0 Å². The first-order valence-electron chi connectivity index (χ1n) is 4.44. The predicted molar refractivity (Wildman–Crippen MR) is 56.5 cm³/mol. The van der Waals surface area contributed by atoms with Gasteiger partial charge in [-0.2, -0.15) is 0 Å². The Kier molecular flexibility index (Phi) is 2.90. The molecule has 0 atom stereocenters. The van der Waals surface area contributed by atoms with Gasteiger partial charge in [0.2, 0.25) is 0 Å². The molecule has 0 saturated carbocycles. The Labute approximate surface area is 78.2 Å². The van der Waals surface area contributed by atoms with Gasteiger partial charge in [-0.15, -0.1) is 0 Å². The van der Waals surface area contributed by atoms with Crippen molar-refractivity contribution in [1.82, 2.24) is 9.55 Å². The lowest BCUT2D eigenvalue weighted by atomic mass is 10.3. The van der Waals surface area contributed by atoms with Crippen LogP contribution in [0.1, 0.15) is 13.8 Å². The molecule has 2 heterocycles. The van der Waals surface area contributed by atoms with E-state index >= 15 is 0 Å². The van der Waals surface area contributed by atoms with E-state index in [1.54, 1.807) is 6.20 Å². The normalized spacial score (nSPS) is 9.46. The van der Waals surface area contributed by atoms with Crippen LogP contribution in [0.15, 0.2) is 24.5 Å². The molecule has 0 aliphatic rings. The molecule has 0 aromatic carbocycles. The smallest absolute Gasteiger partial charge is 0.104 e. The van der Waals surface area contributed by atoms with Crippen molar-refractivity contribution in [3.05, 3.63) is 24.5 Å². The Morgan fingerprint density at radius 3 is 2.69 bits per heavy atom. The summed E-state index contributed by atoms with van der Waals surface area (Å²) >= 11 is 0. The minimum absolute atomic E-state index is 0.771. The summed E-state index contributed by atoms with van der Waals surface area (Å²) in [6, 6.07) is 3.89. The third-order valence-corrected chi connectivity index (χ3v) is 1.88. The molecule has 13 heavy (non-hydrogen) atoms. The van der Waals surface area contributed by atoms with Crippen molar-refractivity contribution >= 4 is 16.7 Å². The number of aromatic nitrogens is 2. The van der Waals surface area contributed by atoms with Gasteiger partial charge in [0, 0.05) is 18.6 Å². The van der Waals surface area contributed by atoms with E-state index < -0.39 is 0 Å². The van der Waals surface area contributed by atoms with E-state index in [4.69, 9.17) is 5.73 Å². The minimum atomic E-state index is 0.771. The molecule has 0 unspecified atom stereocenters. The summed E-state index contributed by atoms with van der Waals surface area (Å²) in [4.78, 5) is 4.01. The average molecular weight is 177 g/mol. The lowest BCUT2D eigenvalue weighted by molar-refractivity contribution is 0.979. The Morgan fingerprint density at radius 1 is 1.38 bits per heavy atom. The van der Waals surface area contributed by atoms with Crippen LogP contribution in [0.5, 0.6) is 0 Å². The molecule has 0 amide bonds. The van der Waals surface area contributed by atoms with E-state index in [1.165, 1.54) is 0 Å². The number of nitrogens with two attached hydrogens (primary N) is 1. The summed E-state index contributed by atoms with van der Waals surface area (Å²) < 4.78 is 1.92. The van der Waals surface area contributed by atoms with Crippen molar-refractivity contribution in [2.45, 2.75) is 13.8 Å². The summed E-state index contributed by atoms with van der Waals surface area (Å²) in [6.45, 7) is 4.00. The molecule has 3 heteroatoms. The maximum absolute atomic E-state index is 5.69. The van der Waals surface area contributed by atoms with Gasteiger partial charge in [0.1, 0.15) is 5.82 Å². The SMILES string of the molecule is CC.Cn1c(N)cc2ccncc21. The fourth-order valence-electron chi connectivity index (χ4n) is 1.19. The van der Waals surface area contributed by atoms with Crippen molar-refractivity contribution in [1.29, 1.82) is 0 Å². The fourth-order valence-corrected chi connectivity index (χ4v) is 1.19. The van der Waals surface area contributed by atoms with E-state index in [2.05, 4.69) is 4.98 Å². The molecular weight excluding hydrogens is 162 g/mol. The van der Waals surface area contributed by atoms with E-state index in [9.17, 15) is 0 Å². The van der Waals surface area contributed by atoms with E-state index in [0.717, 1.165) is 16.7 Å². The predicted octanol–water partition coefficient (Wildman–Crippen LogP) is 2.18. The molecule has 0 aliphatic carbocycles. The Hall–Kier alpha value is -1.51. The maximum atomic E-state index is 5.69. The molecule has 2 rings (SSSR count). The molecular formula is C10H15N3. The number of pyridine rings is 1. The molecule has 3 nitrogen and oxygen atoms in total. The van der Waals surface area contributed by atoms with Crippen molar-refractivity contribution < 1.29 is 0 Å². The van der Waals surface area contributed by atoms with Crippen LogP contribution in [0, 0.1) is 0 Å². The van der Waals surface area contributed by atoms with Gasteiger partial charge < -0.3 is 10.3 Å². The number of hydrogen-bond acceptors (Lipinski definition) is 2. The molecule has 2 N–H and O–H groups in total. The van der Waals surface area contributed by atoms with Gasteiger partial charge in [-0.1, -0.05) is 13.8 Å². The zero-order valence-electron chi connectivity index (χ0n) is 8.28. The van der Waals surface area contributed by atoms with Crippen molar-refractivity contribution in [2.75, 3.05) is 5.73 Å². The Bertz CT molecular complexity index is 390. The highest BCUT2D eigenvalue weighted by atomic mass is 15.0. The fraction of sp³-hybridized carbons (Fsp3) is 0.300. The number of fused-ring (bicyclic) bond motifs is 1. The van der Waals surface area contributed by atoms with Crippen molar-refractivity contribution in [3.63, 3.8) is 0 Å². The first kappa shape index (κ1) is 9.58. The summed E-state index contributed by atoms with van der Waals surface area (Å²) in [7, 11) is 1.93. The lowest BCUT2D eigenvalue weighted by Crippen LogP contribution is -1.94. The van der Waals surface area contributed by atoms with Gasteiger partial charge >= 0.3 is 0 Å². The Balaban J connectivity index is 0.000000396. The molecule has 0 fully saturated rings. The molecule has 0 saturated heterocycles. The van der Waals surface area contributed by atoms with Gasteiger partial charge in [0.25, 0.3) is 0 Å². The highest BCUT2D eigenvalue weighted by molar-refractivity contribution is 5.83. The summed E-state index contributed by atoms with van der Waals surface area (Å²) in [5.74, 6) is 0.771. The van der Waals surface area contributed by atoms with E-state index in [1.807, 2.05) is 43.8 Å². The van der Waals surface area contributed by atoms with Crippen LogP contribution in [0.3, 0.4) is 0 Å². The second-order valence-electron chi connectivity index (χ2n) is 2.56. The molecule has 0 aliphatic heterocycles. The summed E-state index contributed by atoms with van der Waals surface area (Å²) in [5.41, 5.74) is 6.76. The third-order valence-electron chi connectivity index (χ3n) is 1.88. The molecule has 0 spiro atoms. The second-order valence-corrected chi connectivity index (χ2v) is 2.56. The van der Waals surface area contributed by atoms with E-state index in [0.29, 0.717) is 0 Å². The number of aryl methyl sites for hydroxylation is 1. The van der Waals surface area contributed by atoms with Crippen LogP contribution in [-0.2, 0) is 7.05 Å². The van der Waals surface area contributed by atoms with Crippen LogP contribution in [0.2, 0.25) is 0 Å². The first-order valence-corrected chi connectivity index (χ1v) is 4.44. The minimum Gasteiger partial charge on any atom is -0.385 e. The van der Waals surface area contributed by atoms with Crippen LogP contribution < -0.4 is 5.73 Å². The van der Waals surface area contributed by atoms with Crippen LogP contribution in [0.4, 0.5) is 5.82 Å². The van der Waals surface area contributed by atoms with Crippen molar-refractivity contribution in [2.24, 2.45) is 7.05 Å². The number of anilines is 1. The number of hydrogen-bond donors (Lipinski definition) is 1. The van der Waals surface area contributed by atoms with Gasteiger partial charge in [-0.25, -0.2) is 0 Å². The molecule has 0 bridgehead atoms. The van der Waals surface area contributed by atoms with Gasteiger partial charge in [-0.3, -0.25) is 4.98 Å². The highest BCUT2D eigenvalue weighted by Crippen LogP contribution is 2.17. The summed E-state index contributed by atoms with van der Waals surface area (Å²) in [6.07, 6.45) is 3.58. The third kappa shape index (κ3) is 1.64. The van der Waals surface area contributed by atoms with Crippen LogP contribution >= 0.6 is 0 Å². The van der Waals surface area contributed by atoms with Crippen molar-refractivity contribution in [3.8, 4) is 0 Å². The van der Waals surface area contributed by atoms with Crippen LogP contribution in [-0.4, -0.2) is 9.55 Å². The zero-order chi connectivity index (χ0) is 9.84. The Morgan fingerprint density at radius 2 is 2.08 bits per heavy atom. The monoisotopic (exact) mass is 177 g/mol. The zero-order valence-corrected chi connectivity index (χ0v) is 8.28. The quantitative estimate of drug-likeness (QED) is 0.670. The highest BCUT2D eigenvalue weighted by Gasteiger charge is 1.99. The largest absolute Gasteiger partial charge is 0.385 e. The molecule has 2 aromatic rings. The molecule has 0 radical (unpaired) electrons. The second kappa shape index (κ2) is 3.94. The average Bonchev–Trinajstić information content (AvgIpc) is 2.47. The molecule has 70 valence electrons. The number of nitrogens with zero attached hydrogens (tertiary/aromatic N) is 2. The number of rotatable bonds is 0. The van der Waals surface area contributed by atoms with Gasteiger partial charge in [-0.05, 0) is 12.1 Å². The summed E-state index contributed by atoms with van der Waals surface area (Å²) in [5, 5.41) is 1.14. The molecule has 2 aromatic heterocycles. The topological polar surface area (TPSA) is 43.8 Å². The van der Waals surface area contributed by atoms with Crippen LogP contribution in [0.25, 0.3) is 10.9 Å². The maximum Gasteiger partial charge on any atom is 0.104 e. The standard InChI is InChI=1S/C8H9N3.C2H6/c1-11-7-5-10-3-2-6(7)4-8(11)9;1-2/h2-5H,9H2,1H3;1-2H3. The number of nitrogen functional groups attached to an aromatic ring is 1. The first-order chi connectivity index (χ1) is 6.29.